The van der Waals surface area contributed by atoms with Crippen LogP contribution in [0.15, 0.2) is 51.7 Å². The Morgan fingerprint density at radius 2 is 1.62 bits per heavy atom. The lowest BCUT2D eigenvalue weighted by Crippen LogP contribution is -2.04. The van der Waals surface area contributed by atoms with Gasteiger partial charge >= 0.3 is 5.63 Å². The van der Waals surface area contributed by atoms with Crippen molar-refractivity contribution in [2.45, 2.75) is 0 Å². The second kappa shape index (κ2) is 5.28. The molecule has 3 aromatic rings. The van der Waals surface area contributed by atoms with Gasteiger partial charge in [-0.15, -0.1) is 0 Å². The van der Waals surface area contributed by atoms with Gasteiger partial charge in [0.25, 0.3) is 0 Å². The van der Waals surface area contributed by atoms with Gasteiger partial charge in [-0.05, 0) is 24.3 Å². The third kappa shape index (κ3) is 2.23. The van der Waals surface area contributed by atoms with Crippen molar-refractivity contribution in [1.29, 1.82) is 0 Å². The topological polar surface area (TPSA) is 61.6 Å². The van der Waals surface area contributed by atoms with E-state index in [1.54, 1.807) is 36.4 Å². The maximum atomic E-state index is 12.1. The first-order valence-corrected chi connectivity index (χ1v) is 6.36. The number of para-hydroxylation sites is 1. The predicted molar refractivity (Wildman–Crippen MR) is 78.8 cm³/mol. The summed E-state index contributed by atoms with van der Waals surface area (Å²) in [4.78, 5) is 16.5. The molecule has 0 spiro atoms. The van der Waals surface area contributed by atoms with Gasteiger partial charge in [0, 0.05) is 0 Å². The number of fused-ring (bicyclic) bond motifs is 1. The molecular weight excluding hydrogens is 270 g/mol. The lowest BCUT2D eigenvalue weighted by atomic mass is 10.1. The minimum atomic E-state index is -0.441. The lowest BCUT2D eigenvalue weighted by Gasteiger charge is -2.11. The number of methoxy groups -OCH3 is 2. The molecule has 0 aliphatic heterocycles. The van der Waals surface area contributed by atoms with E-state index in [-0.39, 0.29) is 5.89 Å². The molecular formula is C16H13NO4. The van der Waals surface area contributed by atoms with Crippen molar-refractivity contribution in [3.05, 3.63) is 52.9 Å². The van der Waals surface area contributed by atoms with E-state index in [0.717, 1.165) is 0 Å². The maximum absolute atomic E-state index is 12.1. The van der Waals surface area contributed by atoms with E-state index in [1.807, 2.05) is 6.07 Å². The molecule has 1 heterocycles. The van der Waals surface area contributed by atoms with E-state index in [4.69, 9.17) is 13.9 Å². The molecule has 0 amide bonds. The minimum Gasteiger partial charge on any atom is -0.496 e. The first kappa shape index (κ1) is 13.2. The SMILES string of the molecule is COc1cccc(OC)c1-c1nc2ccccc2c(=O)o1. The van der Waals surface area contributed by atoms with Gasteiger partial charge in [-0.3, -0.25) is 0 Å². The number of benzene rings is 2. The standard InChI is InChI=1S/C16H13NO4/c1-19-12-8-5-9-13(20-2)14(12)15-17-11-7-4-3-6-10(11)16(18)21-15/h3-9H,1-2H3. The summed E-state index contributed by atoms with van der Waals surface area (Å²) >= 11 is 0. The van der Waals surface area contributed by atoms with Crippen molar-refractivity contribution < 1.29 is 13.9 Å². The highest BCUT2D eigenvalue weighted by Gasteiger charge is 2.17. The molecule has 5 nitrogen and oxygen atoms in total. The minimum absolute atomic E-state index is 0.174. The number of hydrogen-bond acceptors (Lipinski definition) is 5. The van der Waals surface area contributed by atoms with Crippen LogP contribution in [0.4, 0.5) is 0 Å². The zero-order chi connectivity index (χ0) is 14.8. The van der Waals surface area contributed by atoms with Gasteiger partial charge in [-0.25, -0.2) is 9.78 Å². The summed E-state index contributed by atoms with van der Waals surface area (Å²) in [6.07, 6.45) is 0. The fourth-order valence-corrected chi connectivity index (χ4v) is 2.19. The van der Waals surface area contributed by atoms with Crippen molar-refractivity contribution in [3.63, 3.8) is 0 Å². The van der Waals surface area contributed by atoms with Crippen LogP contribution in [-0.2, 0) is 0 Å². The van der Waals surface area contributed by atoms with E-state index < -0.39 is 5.63 Å². The molecule has 5 heteroatoms. The van der Waals surface area contributed by atoms with Crippen molar-refractivity contribution >= 4 is 10.9 Å². The first-order chi connectivity index (χ1) is 10.2. The zero-order valence-corrected chi connectivity index (χ0v) is 11.6. The van der Waals surface area contributed by atoms with Gasteiger partial charge in [0.2, 0.25) is 5.89 Å². The Hall–Kier alpha value is -2.82. The lowest BCUT2D eigenvalue weighted by molar-refractivity contribution is 0.392. The van der Waals surface area contributed by atoms with Gasteiger partial charge in [0.05, 0.1) is 25.1 Å². The highest BCUT2D eigenvalue weighted by Crippen LogP contribution is 2.37. The molecule has 0 bridgehead atoms. The number of aromatic nitrogens is 1. The fourth-order valence-electron chi connectivity index (χ4n) is 2.19. The predicted octanol–water partition coefficient (Wildman–Crippen LogP) is 2.87. The molecule has 21 heavy (non-hydrogen) atoms. The zero-order valence-electron chi connectivity index (χ0n) is 11.6. The summed E-state index contributed by atoms with van der Waals surface area (Å²) in [6.45, 7) is 0. The number of ether oxygens (including phenoxy) is 2. The van der Waals surface area contributed by atoms with Crippen LogP contribution < -0.4 is 15.1 Å². The third-order valence-electron chi connectivity index (χ3n) is 3.18. The summed E-state index contributed by atoms with van der Waals surface area (Å²) in [5.74, 6) is 1.23. The Bertz CT molecular complexity index is 832. The van der Waals surface area contributed by atoms with E-state index in [2.05, 4.69) is 4.98 Å². The Labute approximate surface area is 120 Å². The highest BCUT2D eigenvalue weighted by atomic mass is 16.5. The van der Waals surface area contributed by atoms with Crippen LogP contribution in [0.3, 0.4) is 0 Å². The summed E-state index contributed by atoms with van der Waals surface area (Å²) in [5, 5.41) is 0.440. The molecule has 0 fully saturated rings. The molecule has 0 atom stereocenters. The van der Waals surface area contributed by atoms with Crippen molar-refractivity contribution in [2.75, 3.05) is 14.2 Å². The van der Waals surface area contributed by atoms with Crippen molar-refractivity contribution in [3.8, 4) is 23.0 Å². The van der Waals surface area contributed by atoms with Crippen LogP contribution in [0, 0.1) is 0 Å². The molecule has 0 saturated heterocycles. The highest BCUT2D eigenvalue weighted by molar-refractivity contribution is 5.80. The van der Waals surface area contributed by atoms with Gasteiger partial charge in [0.1, 0.15) is 17.1 Å². The largest absolute Gasteiger partial charge is 0.496 e. The average molecular weight is 283 g/mol. The normalized spacial score (nSPS) is 10.6. The monoisotopic (exact) mass is 283 g/mol. The molecule has 0 aliphatic rings. The smallest absolute Gasteiger partial charge is 0.347 e. The van der Waals surface area contributed by atoms with E-state index in [9.17, 15) is 4.79 Å². The molecule has 0 saturated carbocycles. The molecule has 2 aromatic carbocycles. The fraction of sp³-hybridized carbons (Fsp3) is 0.125. The molecule has 0 unspecified atom stereocenters. The Morgan fingerprint density at radius 1 is 0.952 bits per heavy atom. The van der Waals surface area contributed by atoms with E-state index >= 15 is 0 Å². The van der Waals surface area contributed by atoms with E-state index in [1.165, 1.54) is 14.2 Å². The number of hydrogen-bond donors (Lipinski definition) is 0. The van der Waals surface area contributed by atoms with Crippen molar-refractivity contribution in [1.82, 2.24) is 4.98 Å². The van der Waals surface area contributed by atoms with Crippen LogP contribution in [0.1, 0.15) is 0 Å². The van der Waals surface area contributed by atoms with Crippen molar-refractivity contribution in [2.24, 2.45) is 0 Å². The van der Waals surface area contributed by atoms with Gasteiger partial charge in [0.15, 0.2) is 0 Å². The first-order valence-electron chi connectivity index (χ1n) is 6.36. The Kier molecular flexibility index (Phi) is 3.31. The Balaban J connectivity index is 2.33. The molecule has 0 aliphatic carbocycles. The van der Waals surface area contributed by atoms with Gasteiger partial charge in [-0.1, -0.05) is 18.2 Å². The molecule has 0 radical (unpaired) electrons. The van der Waals surface area contributed by atoms with Gasteiger partial charge < -0.3 is 13.9 Å². The average Bonchev–Trinajstić information content (AvgIpc) is 2.54. The molecule has 3 rings (SSSR count). The van der Waals surface area contributed by atoms with E-state index in [0.29, 0.717) is 28.0 Å². The molecule has 1 aromatic heterocycles. The van der Waals surface area contributed by atoms with Crippen LogP contribution in [0.2, 0.25) is 0 Å². The van der Waals surface area contributed by atoms with Crippen LogP contribution in [-0.4, -0.2) is 19.2 Å². The number of rotatable bonds is 3. The Morgan fingerprint density at radius 3 is 2.29 bits per heavy atom. The molecule has 0 N–H and O–H groups in total. The summed E-state index contributed by atoms with van der Waals surface area (Å²) < 4.78 is 16.0. The second-order valence-electron chi connectivity index (χ2n) is 4.36. The number of nitrogens with zero attached hydrogens (tertiary/aromatic N) is 1. The van der Waals surface area contributed by atoms with Crippen LogP contribution in [0.25, 0.3) is 22.4 Å². The summed E-state index contributed by atoms with van der Waals surface area (Å²) in [6, 6.07) is 12.3. The molecule has 106 valence electrons. The third-order valence-corrected chi connectivity index (χ3v) is 3.18. The van der Waals surface area contributed by atoms with Crippen LogP contribution in [0.5, 0.6) is 11.5 Å². The van der Waals surface area contributed by atoms with Crippen LogP contribution >= 0.6 is 0 Å². The second-order valence-corrected chi connectivity index (χ2v) is 4.36. The quantitative estimate of drug-likeness (QED) is 0.739. The summed E-state index contributed by atoms with van der Waals surface area (Å²) in [7, 11) is 3.08. The maximum Gasteiger partial charge on any atom is 0.347 e. The van der Waals surface area contributed by atoms with Gasteiger partial charge in [-0.2, -0.15) is 0 Å². The summed E-state index contributed by atoms with van der Waals surface area (Å²) in [5.41, 5.74) is 0.644.